The van der Waals surface area contributed by atoms with E-state index in [1.165, 1.54) is 36.0 Å². The molecule has 1 aromatic rings. The van der Waals surface area contributed by atoms with E-state index < -0.39 is 5.97 Å². The molecular weight excluding hydrogens is 212 g/mol. The van der Waals surface area contributed by atoms with E-state index >= 15 is 0 Å². The van der Waals surface area contributed by atoms with Gasteiger partial charge in [-0.05, 0) is 49.3 Å². The predicted molar refractivity (Wildman–Crippen MR) is 69.0 cm³/mol. The third kappa shape index (κ3) is 3.19. The highest BCUT2D eigenvalue weighted by Gasteiger charge is 2.10. The lowest BCUT2D eigenvalue weighted by Crippen LogP contribution is -1.94. The van der Waals surface area contributed by atoms with E-state index in [1.807, 2.05) is 6.92 Å². The van der Waals surface area contributed by atoms with Crippen LogP contribution >= 0.6 is 0 Å². The molecular formula is C15H18O2. The van der Waals surface area contributed by atoms with Crippen LogP contribution in [0.2, 0.25) is 0 Å². The normalized spacial score (nSPS) is 14.8. The number of rotatable bonds is 4. The fourth-order valence-electron chi connectivity index (χ4n) is 2.34. The summed E-state index contributed by atoms with van der Waals surface area (Å²) in [5.74, 6) is -0.730. The first kappa shape index (κ1) is 11.9. The van der Waals surface area contributed by atoms with Crippen LogP contribution < -0.4 is 0 Å². The Morgan fingerprint density at radius 3 is 2.82 bits per heavy atom. The molecule has 0 aromatic heterocycles. The number of aliphatic carboxylic acids is 1. The van der Waals surface area contributed by atoms with Crippen LogP contribution in [0.1, 0.15) is 42.9 Å². The number of carbonyl (C=O) groups is 1. The summed E-state index contributed by atoms with van der Waals surface area (Å²) < 4.78 is 0. The largest absolute Gasteiger partial charge is 0.481 e. The van der Waals surface area contributed by atoms with Gasteiger partial charge in [0.2, 0.25) is 0 Å². The molecule has 0 radical (unpaired) electrons. The first-order chi connectivity index (χ1) is 8.15. The van der Waals surface area contributed by atoms with E-state index in [0.717, 1.165) is 5.57 Å². The summed E-state index contributed by atoms with van der Waals surface area (Å²) >= 11 is 0. The average Bonchev–Trinajstić information content (AvgIpc) is 2.73. The van der Waals surface area contributed by atoms with E-state index in [9.17, 15) is 4.79 Å². The molecule has 1 aliphatic carbocycles. The summed E-state index contributed by atoms with van der Waals surface area (Å²) in [5, 5.41) is 8.63. The van der Waals surface area contributed by atoms with Crippen LogP contribution in [-0.2, 0) is 17.6 Å². The molecule has 0 amide bonds. The maximum atomic E-state index is 10.5. The van der Waals surface area contributed by atoms with E-state index in [2.05, 4.69) is 24.3 Å². The van der Waals surface area contributed by atoms with Crippen molar-refractivity contribution in [1.29, 1.82) is 0 Å². The average molecular weight is 230 g/mol. The van der Waals surface area contributed by atoms with E-state index in [0.29, 0.717) is 6.42 Å². The molecule has 0 unspecified atom stereocenters. The second-order valence-electron chi connectivity index (χ2n) is 4.77. The zero-order chi connectivity index (χ0) is 12.3. The molecule has 1 N–H and O–H groups in total. The van der Waals surface area contributed by atoms with Gasteiger partial charge in [-0.3, -0.25) is 4.79 Å². The van der Waals surface area contributed by atoms with E-state index in [4.69, 9.17) is 5.11 Å². The molecule has 0 saturated carbocycles. The Labute approximate surface area is 102 Å². The Bertz CT molecular complexity index is 458. The minimum atomic E-state index is -0.730. The van der Waals surface area contributed by atoms with Crippen molar-refractivity contribution in [3.63, 3.8) is 0 Å². The number of fused-ring (bicyclic) bond motifs is 1. The van der Waals surface area contributed by atoms with Gasteiger partial charge >= 0.3 is 5.97 Å². The SMILES string of the molecule is C/C(=C\c1ccc2c(c1)CCC2)CCC(=O)O. The number of hydrogen-bond acceptors (Lipinski definition) is 1. The quantitative estimate of drug-likeness (QED) is 0.860. The number of hydrogen-bond donors (Lipinski definition) is 1. The molecule has 0 atom stereocenters. The van der Waals surface area contributed by atoms with E-state index in [-0.39, 0.29) is 6.42 Å². The molecule has 0 fully saturated rings. The molecule has 90 valence electrons. The molecule has 1 aromatic carbocycles. The van der Waals surface area contributed by atoms with Gasteiger partial charge in [0.15, 0.2) is 0 Å². The fraction of sp³-hybridized carbons (Fsp3) is 0.400. The number of carboxylic acid groups (broad SMARTS) is 1. The van der Waals surface area contributed by atoms with Gasteiger partial charge in [0.25, 0.3) is 0 Å². The van der Waals surface area contributed by atoms with Gasteiger partial charge in [-0.1, -0.05) is 29.8 Å². The second kappa shape index (κ2) is 5.17. The van der Waals surface area contributed by atoms with Crippen LogP contribution in [0.15, 0.2) is 23.8 Å². The number of aryl methyl sites for hydroxylation is 2. The minimum Gasteiger partial charge on any atom is -0.481 e. The summed E-state index contributed by atoms with van der Waals surface area (Å²) in [7, 11) is 0. The van der Waals surface area contributed by atoms with Crippen molar-refractivity contribution in [3.8, 4) is 0 Å². The van der Waals surface area contributed by atoms with Crippen LogP contribution in [0.25, 0.3) is 6.08 Å². The van der Waals surface area contributed by atoms with Crippen molar-refractivity contribution in [3.05, 3.63) is 40.5 Å². The van der Waals surface area contributed by atoms with E-state index in [1.54, 1.807) is 0 Å². The summed E-state index contributed by atoms with van der Waals surface area (Å²) in [4.78, 5) is 10.5. The molecule has 17 heavy (non-hydrogen) atoms. The zero-order valence-corrected chi connectivity index (χ0v) is 10.2. The van der Waals surface area contributed by atoms with Crippen LogP contribution in [-0.4, -0.2) is 11.1 Å². The summed E-state index contributed by atoms with van der Waals surface area (Å²) in [6.07, 6.45) is 6.60. The Balaban J connectivity index is 2.07. The second-order valence-corrected chi connectivity index (χ2v) is 4.77. The lowest BCUT2D eigenvalue weighted by molar-refractivity contribution is -0.136. The summed E-state index contributed by atoms with van der Waals surface area (Å²) in [6, 6.07) is 6.58. The molecule has 1 aliphatic rings. The Hall–Kier alpha value is -1.57. The van der Waals surface area contributed by atoms with Crippen LogP contribution in [0.4, 0.5) is 0 Å². The van der Waals surface area contributed by atoms with Gasteiger partial charge in [-0.2, -0.15) is 0 Å². The predicted octanol–water partition coefficient (Wildman–Crippen LogP) is 3.44. The molecule has 0 spiro atoms. The third-order valence-electron chi connectivity index (χ3n) is 3.27. The number of benzene rings is 1. The molecule has 2 heteroatoms. The first-order valence-electron chi connectivity index (χ1n) is 6.16. The third-order valence-corrected chi connectivity index (χ3v) is 3.27. The maximum Gasteiger partial charge on any atom is 0.303 e. The Kier molecular flexibility index (Phi) is 3.62. The van der Waals surface area contributed by atoms with Crippen molar-refractivity contribution in [1.82, 2.24) is 0 Å². The van der Waals surface area contributed by atoms with Gasteiger partial charge in [0, 0.05) is 6.42 Å². The van der Waals surface area contributed by atoms with Crippen molar-refractivity contribution in [2.75, 3.05) is 0 Å². The molecule has 0 aliphatic heterocycles. The molecule has 0 bridgehead atoms. The smallest absolute Gasteiger partial charge is 0.303 e. The molecule has 2 rings (SSSR count). The first-order valence-corrected chi connectivity index (χ1v) is 6.16. The highest BCUT2D eigenvalue weighted by Crippen LogP contribution is 2.24. The number of allylic oxidation sites excluding steroid dienone is 1. The molecule has 2 nitrogen and oxygen atoms in total. The van der Waals surface area contributed by atoms with Crippen LogP contribution in [0.3, 0.4) is 0 Å². The van der Waals surface area contributed by atoms with Gasteiger partial charge in [-0.15, -0.1) is 0 Å². The van der Waals surface area contributed by atoms with Crippen molar-refractivity contribution < 1.29 is 9.90 Å². The summed E-state index contributed by atoms with van der Waals surface area (Å²) in [6.45, 7) is 2.00. The molecule has 0 heterocycles. The standard InChI is InChI=1S/C15H18O2/c1-11(5-8-15(16)17)9-12-6-7-13-3-2-4-14(13)10-12/h6-7,9-10H,2-5,8H2,1H3,(H,16,17)/b11-9+. The zero-order valence-electron chi connectivity index (χ0n) is 10.2. The lowest BCUT2D eigenvalue weighted by atomic mass is 10.0. The highest BCUT2D eigenvalue weighted by molar-refractivity contribution is 5.67. The molecule has 0 saturated heterocycles. The summed E-state index contributed by atoms with van der Waals surface area (Å²) in [5.41, 5.74) is 5.27. The Morgan fingerprint density at radius 2 is 2.06 bits per heavy atom. The Morgan fingerprint density at radius 1 is 1.29 bits per heavy atom. The van der Waals surface area contributed by atoms with Gasteiger partial charge in [0.05, 0.1) is 0 Å². The van der Waals surface area contributed by atoms with Crippen molar-refractivity contribution in [2.45, 2.75) is 39.0 Å². The van der Waals surface area contributed by atoms with Gasteiger partial charge in [0.1, 0.15) is 0 Å². The lowest BCUT2D eigenvalue weighted by Gasteiger charge is -2.03. The fourth-order valence-corrected chi connectivity index (χ4v) is 2.34. The maximum absolute atomic E-state index is 10.5. The van der Waals surface area contributed by atoms with Crippen molar-refractivity contribution >= 4 is 12.0 Å². The highest BCUT2D eigenvalue weighted by atomic mass is 16.4. The van der Waals surface area contributed by atoms with Crippen molar-refractivity contribution in [2.24, 2.45) is 0 Å². The minimum absolute atomic E-state index is 0.216. The number of carboxylic acids is 1. The van der Waals surface area contributed by atoms with Crippen LogP contribution in [0.5, 0.6) is 0 Å². The topological polar surface area (TPSA) is 37.3 Å². The van der Waals surface area contributed by atoms with Gasteiger partial charge < -0.3 is 5.11 Å². The monoisotopic (exact) mass is 230 g/mol. The van der Waals surface area contributed by atoms with Gasteiger partial charge in [-0.25, -0.2) is 0 Å². The van der Waals surface area contributed by atoms with Crippen LogP contribution in [0, 0.1) is 0 Å².